The number of methoxy groups -OCH3 is 1. The maximum atomic E-state index is 12.5. The minimum Gasteiger partial charge on any atom is -0.493 e. The Morgan fingerprint density at radius 1 is 1.24 bits per heavy atom. The van der Waals surface area contributed by atoms with Gasteiger partial charge in [0.15, 0.2) is 11.5 Å². The van der Waals surface area contributed by atoms with Gasteiger partial charge in [0.25, 0.3) is 0 Å². The van der Waals surface area contributed by atoms with Crippen LogP contribution in [0.15, 0.2) is 18.2 Å². The van der Waals surface area contributed by atoms with Gasteiger partial charge in [0.05, 0.1) is 19.2 Å². The zero-order chi connectivity index (χ0) is 21.6. The molecule has 0 fully saturated rings. The van der Waals surface area contributed by atoms with Crippen molar-refractivity contribution < 1.29 is 23.0 Å². The van der Waals surface area contributed by atoms with E-state index in [2.05, 4.69) is 29.0 Å². The van der Waals surface area contributed by atoms with Gasteiger partial charge in [0.2, 0.25) is 5.91 Å². The molecule has 1 aromatic heterocycles. The summed E-state index contributed by atoms with van der Waals surface area (Å²) < 4.78 is 36.5. The topological polar surface area (TPSA) is 65.4 Å². The normalized spacial score (nSPS) is 11.2. The van der Waals surface area contributed by atoms with Crippen molar-refractivity contribution in [1.82, 2.24) is 15.1 Å². The van der Waals surface area contributed by atoms with E-state index in [4.69, 9.17) is 4.74 Å². The zero-order valence-corrected chi connectivity index (χ0v) is 17.6. The monoisotopic (exact) mass is 409 g/mol. The lowest BCUT2D eigenvalue weighted by Crippen LogP contribution is -2.27. The molecule has 6 nitrogen and oxygen atoms in total. The number of benzene rings is 1. The molecule has 0 atom stereocenters. The van der Waals surface area contributed by atoms with Crippen LogP contribution in [0.1, 0.15) is 36.4 Å². The van der Waals surface area contributed by atoms with Crippen LogP contribution >= 0.6 is 0 Å². The quantitative estimate of drug-likeness (QED) is 0.650. The molecule has 8 heteroatoms. The molecule has 2 aromatic rings. The van der Waals surface area contributed by atoms with E-state index in [9.17, 15) is 13.6 Å². The molecule has 160 valence electrons. The first-order valence-corrected chi connectivity index (χ1v) is 9.62. The number of alkyl halides is 2. The molecule has 0 radical (unpaired) electrons. The second kappa shape index (κ2) is 10.2. The fourth-order valence-electron chi connectivity index (χ4n) is 3.15. The van der Waals surface area contributed by atoms with Gasteiger partial charge in [-0.15, -0.1) is 0 Å². The summed E-state index contributed by atoms with van der Waals surface area (Å²) in [5, 5.41) is 7.41. The predicted octanol–water partition coefficient (Wildman–Crippen LogP) is 3.67. The van der Waals surface area contributed by atoms with Gasteiger partial charge in [0.1, 0.15) is 0 Å². The number of nitrogens with zero attached hydrogens (tertiary/aromatic N) is 2. The lowest BCUT2D eigenvalue weighted by atomic mass is 10.1. The number of carbonyl (C=O) groups is 1. The van der Waals surface area contributed by atoms with E-state index < -0.39 is 6.61 Å². The zero-order valence-electron chi connectivity index (χ0n) is 17.6. The first-order chi connectivity index (χ1) is 13.7. The first kappa shape index (κ1) is 22.6. The van der Waals surface area contributed by atoms with Crippen molar-refractivity contribution in [3.63, 3.8) is 0 Å². The maximum absolute atomic E-state index is 12.5. The summed E-state index contributed by atoms with van der Waals surface area (Å²) in [5.41, 5.74) is 3.58. The Balaban J connectivity index is 1.93. The van der Waals surface area contributed by atoms with E-state index in [0.29, 0.717) is 18.9 Å². The summed E-state index contributed by atoms with van der Waals surface area (Å²) >= 11 is 0. The number of aryl methyl sites for hydroxylation is 1. The van der Waals surface area contributed by atoms with Gasteiger partial charge < -0.3 is 14.8 Å². The second-order valence-electron chi connectivity index (χ2n) is 7.37. The Hall–Kier alpha value is -2.64. The summed E-state index contributed by atoms with van der Waals surface area (Å²) in [4.78, 5) is 12.4. The largest absolute Gasteiger partial charge is 0.493 e. The molecule has 0 saturated carbocycles. The van der Waals surface area contributed by atoms with Gasteiger partial charge in [0, 0.05) is 24.3 Å². The average Bonchev–Trinajstić information content (AvgIpc) is 2.88. The molecule has 0 spiro atoms. The minimum absolute atomic E-state index is 0.0184. The molecule has 0 bridgehead atoms. The Bertz CT molecular complexity index is 835. The molecule has 1 aromatic carbocycles. The molecule has 0 saturated heterocycles. The van der Waals surface area contributed by atoms with E-state index in [1.54, 1.807) is 12.1 Å². The molecule has 0 aliphatic carbocycles. The van der Waals surface area contributed by atoms with Gasteiger partial charge in [-0.3, -0.25) is 9.48 Å². The summed E-state index contributed by atoms with van der Waals surface area (Å²) in [6.45, 7) is 6.41. The first-order valence-electron chi connectivity index (χ1n) is 9.62. The standard InChI is InChI=1S/C21H29F2N3O3/c1-13(2)12-26-15(4)17(14(3)25-26)11-20(27)24-9-8-16-6-7-18(28-5)19(10-16)29-21(22)23/h6-7,10,13,21H,8-9,11-12H2,1-5H3,(H,24,27). The summed E-state index contributed by atoms with van der Waals surface area (Å²) in [6, 6.07) is 4.83. The number of nitrogens with one attached hydrogen (secondary N) is 1. The van der Waals surface area contributed by atoms with Gasteiger partial charge in [-0.2, -0.15) is 13.9 Å². The predicted molar refractivity (Wildman–Crippen MR) is 107 cm³/mol. The second-order valence-corrected chi connectivity index (χ2v) is 7.37. The van der Waals surface area contributed by atoms with Crippen LogP contribution in [-0.2, 0) is 24.2 Å². The Kier molecular flexibility index (Phi) is 7.99. The van der Waals surface area contributed by atoms with Gasteiger partial charge in [-0.1, -0.05) is 19.9 Å². The molecular weight excluding hydrogens is 380 g/mol. The summed E-state index contributed by atoms with van der Waals surface area (Å²) in [7, 11) is 1.39. The van der Waals surface area contributed by atoms with Crippen LogP contribution < -0.4 is 14.8 Å². The maximum Gasteiger partial charge on any atom is 0.387 e. The smallest absolute Gasteiger partial charge is 0.387 e. The highest BCUT2D eigenvalue weighted by Gasteiger charge is 2.16. The van der Waals surface area contributed by atoms with Crippen molar-refractivity contribution in [3.05, 3.63) is 40.7 Å². The lowest BCUT2D eigenvalue weighted by Gasteiger charge is -2.12. The fourth-order valence-corrected chi connectivity index (χ4v) is 3.15. The van der Waals surface area contributed by atoms with Crippen molar-refractivity contribution >= 4 is 5.91 Å². The van der Waals surface area contributed by atoms with Gasteiger partial charge in [-0.05, 0) is 43.9 Å². The Morgan fingerprint density at radius 3 is 2.59 bits per heavy atom. The highest BCUT2D eigenvalue weighted by Crippen LogP contribution is 2.29. The number of ether oxygens (including phenoxy) is 2. The van der Waals surface area contributed by atoms with Crippen LogP contribution in [0, 0.1) is 19.8 Å². The Labute approximate surface area is 170 Å². The molecule has 1 N–H and O–H groups in total. The third-order valence-corrected chi connectivity index (χ3v) is 4.59. The van der Waals surface area contributed by atoms with Crippen LogP contribution in [0.4, 0.5) is 8.78 Å². The minimum atomic E-state index is -2.93. The van der Waals surface area contributed by atoms with Crippen LogP contribution in [0.25, 0.3) is 0 Å². The number of rotatable bonds is 10. The molecular formula is C21H29F2N3O3. The van der Waals surface area contributed by atoms with E-state index in [1.165, 1.54) is 13.2 Å². The highest BCUT2D eigenvalue weighted by atomic mass is 19.3. The van der Waals surface area contributed by atoms with Crippen molar-refractivity contribution in [1.29, 1.82) is 0 Å². The molecule has 0 aliphatic heterocycles. The molecule has 1 amide bonds. The number of carbonyl (C=O) groups excluding carboxylic acids is 1. The average molecular weight is 409 g/mol. The van der Waals surface area contributed by atoms with E-state index in [-0.39, 0.29) is 23.8 Å². The molecule has 0 unspecified atom stereocenters. The van der Waals surface area contributed by atoms with E-state index in [1.807, 2.05) is 18.5 Å². The number of amides is 1. The number of halogens is 2. The van der Waals surface area contributed by atoms with Crippen molar-refractivity contribution in [2.75, 3.05) is 13.7 Å². The number of hydrogen-bond donors (Lipinski definition) is 1. The lowest BCUT2D eigenvalue weighted by molar-refractivity contribution is -0.120. The van der Waals surface area contributed by atoms with E-state index >= 15 is 0 Å². The molecule has 2 rings (SSSR count). The van der Waals surface area contributed by atoms with Crippen molar-refractivity contribution in [2.24, 2.45) is 5.92 Å². The van der Waals surface area contributed by atoms with Gasteiger partial charge in [-0.25, -0.2) is 0 Å². The number of hydrogen-bond acceptors (Lipinski definition) is 4. The van der Waals surface area contributed by atoms with Crippen LogP contribution in [0.3, 0.4) is 0 Å². The van der Waals surface area contributed by atoms with Crippen LogP contribution in [0.2, 0.25) is 0 Å². The SMILES string of the molecule is COc1ccc(CCNC(=O)Cc2c(C)nn(CC(C)C)c2C)cc1OC(F)F. The van der Waals surface area contributed by atoms with Crippen molar-refractivity contribution in [2.45, 2.75) is 53.7 Å². The van der Waals surface area contributed by atoms with Crippen molar-refractivity contribution in [3.8, 4) is 11.5 Å². The van der Waals surface area contributed by atoms with Gasteiger partial charge >= 0.3 is 6.61 Å². The number of aromatic nitrogens is 2. The summed E-state index contributed by atoms with van der Waals surface area (Å²) in [5.74, 6) is 0.591. The third kappa shape index (κ3) is 6.44. The third-order valence-electron chi connectivity index (χ3n) is 4.59. The van der Waals surface area contributed by atoms with Crippen LogP contribution in [-0.4, -0.2) is 36.0 Å². The summed E-state index contributed by atoms with van der Waals surface area (Å²) in [6.07, 6.45) is 0.748. The molecule has 29 heavy (non-hydrogen) atoms. The Morgan fingerprint density at radius 2 is 1.97 bits per heavy atom. The van der Waals surface area contributed by atoms with Crippen LogP contribution in [0.5, 0.6) is 11.5 Å². The van der Waals surface area contributed by atoms with E-state index in [0.717, 1.165) is 29.1 Å². The molecule has 1 heterocycles. The highest BCUT2D eigenvalue weighted by molar-refractivity contribution is 5.79. The molecule has 0 aliphatic rings. The fraction of sp³-hybridized carbons (Fsp3) is 0.524.